The summed E-state index contributed by atoms with van der Waals surface area (Å²) in [5, 5.41) is 5.43. The lowest BCUT2D eigenvalue weighted by atomic mass is 9.92. The molecule has 26 heavy (non-hydrogen) atoms. The highest BCUT2D eigenvalue weighted by molar-refractivity contribution is 9.10. The lowest BCUT2D eigenvalue weighted by Gasteiger charge is -2.24. The second-order valence-corrected chi connectivity index (χ2v) is 7.18. The van der Waals surface area contributed by atoms with E-state index in [4.69, 9.17) is 0 Å². The smallest absolute Gasteiger partial charge is 0.324 e. The maximum atomic E-state index is 12.9. The average Bonchev–Trinajstić information content (AvgIpc) is 2.87. The lowest BCUT2D eigenvalue weighted by Crippen LogP contribution is -2.47. The van der Waals surface area contributed by atoms with Crippen LogP contribution in [-0.4, -0.2) is 28.8 Å². The molecule has 0 unspecified atom stereocenters. The molecular weight excluding hydrogens is 398 g/mol. The number of benzene rings is 2. The summed E-state index contributed by atoms with van der Waals surface area (Å²) in [5.74, 6) is -0.889. The van der Waals surface area contributed by atoms with Crippen molar-refractivity contribution in [1.82, 2.24) is 10.2 Å². The fourth-order valence-corrected chi connectivity index (χ4v) is 3.14. The molecule has 4 amide bonds. The van der Waals surface area contributed by atoms with Crippen molar-refractivity contribution in [2.75, 3.05) is 5.32 Å². The van der Waals surface area contributed by atoms with Crippen LogP contribution in [0.3, 0.4) is 0 Å². The molecule has 0 radical (unpaired) electrons. The van der Waals surface area contributed by atoms with E-state index in [1.165, 1.54) is 6.92 Å². The van der Waals surface area contributed by atoms with Gasteiger partial charge in [0.25, 0.3) is 5.91 Å². The predicted octanol–water partition coefficient (Wildman–Crippen LogP) is 3.24. The van der Waals surface area contributed by atoms with E-state index < -0.39 is 29.4 Å². The number of nitrogens with one attached hydrogen (secondary N) is 2. The zero-order valence-electron chi connectivity index (χ0n) is 14.3. The van der Waals surface area contributed by atoms with Crippen LogP contribution in [-0.2, 0) is 15.1 Å². The average molecular weight is 416 g/mol. The number of halogens is 1. The van der Waals surface area contributed by atoms with Gasteiger partial charge in [-0.1, -0.05) is 46.3 Å². The standard InChI is InChI=1S/C19H18BrN3O3/c1-12(16(24)21-15-10-8-14(20)9-11-15)23-17(25)19(2,22-18(23)26)13-6-4-3-5-7-13/h3-12H,1-2H3,(H,21,24)(H,22,26)/t12-,19+/m1/s1. The first-order chi connectivity index (χ1) is 12.3. The highest BCUT2D eigenvalue weighted by Gasteiger charge is 2.51. The van der Waals surface area contributed by atoms with Gasteiger partial charge in [-0.3, -0.25) is 9.59 Å². The molecule has 2 N–H and O–H groups in total. The van der Waals surface area contributed by atoms with Gasteiger partial charge in [-0.25, -0.2) is 9.69 Å². The van der Waals surface area contributed by atoms with Crippen LogP contribution in [0, 0.1) is 0 Å². The Morgan fingerprint density at radius 3 is 2.35 bits per heavy atom. The lowest BCUT2D eigenvalue weighted by molar-refractivity contribution is -0.136. The first-order valence-corrected chi connectivity index (χ1v) is 8.90. The van der Waals surface area contributed by atoms with Crippen molar-refractivity contribution in [1.29, 1.82) is 0 Å². The molecular formula is C19H18BrN3O3. The van der Waals surface area contributed by atoms with Gasteiger partial charge in [-0.2, -0.15) is 0 Å². The largest absolute Gasteiger partial charge is 0.326 e. The van der Waals surface area contributed by atoms with Crippen molar-refractivity contribution in [3.63, 3.8) is 0 Å². The number of hydrogen-bond donors (Lipinski definition) is 2. The van der Waals surface area contributed by atoms with Crippen LogP contribution in [0.5, 0.6) is 0 Å². The van der Waals surface area contributed by atoms with Crippen LogP contribution in [0.2, 0.25) is 0 Å². The number of rotatable bonds is 4. The molecule has 7 heteroatoms. The van der Waals surface area contributed by atoms with Gasteiger partial charge in [-0.15, -0.1) is 0 Å². The summed E-state index contributed by atoms with van der Waals surface area (Å²) in [6.07, 6.45) is 0. The number of imide groups is 1. The quantitative estimate of drug-likeness (QED) is 0.752. The first kappa shape index (κ1) is 18.1. The second-order valence-electron chi connectivity index (χ2n) is 6.27. The second kappa shape index (κ2) is 6.92. The molecule has 1 aliphatic heterocycles. The van der Waals surface area contributed by atoms with Crippen molar-refractivity contribution >= 4 is 39.5 Å². The van der Waals surface area contributed by atoms with Crippen LogP contribution >= 0.6 is 15.9 Å². The Morgan fingerprint density at radius 2 is 1.73 bits per heavy atom. The molecule has 0 aliphatic carbocycles. The molecule has 2 aromatic rings. The number of nitrogens with zero attached hydrogens (tertiary/aromatic N) is 1. The van der Waals surface area contributed by atoms with Crippen LogP contribution in [0.15, 0.2) is 59.1 Å². The summed E-state index contributed by atoms with van der Waals surface area (Å²) >= 11 is 3.33. The monoisotopic (exact) mass is 415 g/mol. The van der Waals surface area contributed by atoms with E-state index in [1.807, 2.05) is 6.07 Å². The maximum absolute atomic E-state index is 12.9. The summed E-state index contributed by atoms with van der Waals surface area (Å²) in [4.78, 5) is 38.9. The van der Waals surface area contributed by atoms with Gasteiger partial charge in [0.05, 0.1) is 0 Å². The number of anilines is 1. The third kappa shape index (κ3) is 3.22. The Labute approximate surface area is 159 Å². The summed E-state index contributed by atoms with van der Waals surface area (Å²) in [6, 6.07) is 14.5. The Balaban J connectivity index is 1.80. The van der Waals surface area contributed by atoms with Crippen LogP contribution in [0.1, 0.15) is 19.4 Å². The summed E-state index contributed by atoms with van der Waals surface area (Å²) in [6.45, 7) is 3.17. The Hall–Kier alpha value is -2.67. The Morgan fingerprint density at radius 1 is 1.12 bits per heavy atom. The molecule has 1 aliphatic rings. The molecule has 2 aromatic carbocycles. The van der Waals surface area contributed by atoms with E-state index in [9.17, 15) is 14.4 Å². The van der Waals surface area contributed by atoms with Crippen LogP contribution in [0.4, 0.5) is 10.5 Å². The van der Waals surface area contributed by atoms with E-state index in [-0.39, 0.29) is 0 Å². The van der Waals surface area contributed by atoms with E-state index in [0.29, 0.717) is 11.3 Å². The normalized spacial score (nSPS) is 20.7. The van der Waals surface area contributed by atoms with Gasteiger partial charge in [-0.05, 0) is 43.7 Å². The zero-order valence-corrected chi connectivity index (χ0v) is 15.9. The van der Waals surface area contributed by atoms with Gasteiger partial charge < -0.3 is 10.6 Å². The van der Waals surface area contributed by atoms with E-state index >= 15 is 0 Å². The van der Waals surface area contributed by atoms with Gasteiger partial charge in [0, 0.05) is 10.2 Å². The van der Waals surface area contributed by atoms with E-state index in [0.717, 1.165) is 9.37 Å². The molecule has 0 spiro atoms. The van der Waals surface area contributed by atoms with E-state index in [1.54, 1.807) is 55.5 Å². The molecule has 1 saturated heterocycles. The number of hydrogen-bond acceptors (Lipinski definition) is 3. The SMILES string of the molecule is C[C@H](C(=O)Nc1ccc(Br)cc1)N1C(=O)N[C@@](C)(c2ccccc2)C1=O. The summed E-state index contributed by atoms with van der Waals surface area (Å²) in [7, 11) is 0. The highest BCUT2D eigenvalue weighted by atomic mass is 79.9. The predicted molar refractivity (Wildman–Crippen MR) is 101 cm³/mol. The first-order valence-electron chi connectivity index (χ1n) is 8.10. The summed E-state index contributed by atoms with van der Waals surface area (Å²) in [5.41, 5.74) is 0.0640. The molecule has 0 bridgehead atoms. The number of carbonyl (C=O) groups is 3. The van der Waals surface area contributed by atoms with Crippen molar-refractivity contribution in [2.45, 2.75) is 25.4 Å². The minimum atomic E-state index is -1.19. The zero-order chi connectivity index (χ0) is 18.9. The molecule has 134 valence electrons. The van der Waals surface area contributed by atoms with Gasteiger partial charge in [0.15, 0.2) is 0 Å². The minimum absolute atomic E-state index is 0.437. The van der Waals surface area contributed by atoms with Crippen molar-refractivity contribution < 1.29 is 14.4 Å². The van der Waals surface area contributed by atoms with Crippen LogP contribution in [0.25, 0.3) is 0 Å². The molecule has 0 aromatic heterocycles. The fraction of sp³-hybridized carbons (Fsp3) is 0.211. The number of carbonyl (C=O) groups excluding carboxylic acids is 3. The molecule has 1 heterocycles. The van der Waals surface area contributed by atoms with Crippen molar-refractivity contribution in [3.8, 4) is 0 Å². The van der Waals surface area contributed by atoms with Crippen LogP contribution < -0.4 is 10.6 Å². The minimum Gasteiger partial charge on any atom is -0.324 e. The number of urea groups is 1. The van der Waals surface area contributed by atoms with Gasteiger partial charge in [0.1, 0.15) is 11.6 Å². The fourth-order valence-electron chi connectivity index (χ4n) is 2.88. The molecule has 1 fully saturated rings. The molecule has 3 rings (SSSR count). The third-order valence-corrected chi connectivity index (χ3v) is 4.98. The van der Waals surface area contributed by atoms with Crippen molar-refractivity contribution in [2.24, 2.45) is 0 Å². The molecule has 6 nitrogen and oxygen atoms in total. The molecule has 0 saturated carbocycles. The maximum Gasteiger partial charge on any atom is 0.326 e. The Kier molecular flexibility index (Phi) is 4.82. The van der Waals surface area contributed by atoms with E-state index in [2.05, 4.69) is 26.6 Å². The third-order valence-electron chi connectivity index (χ3n) is 4.45. The topological polar surface area (TPSA) is 78.5 Å². The molecule has 2 atom stereocenters. The summed E-state index contributed by atoms with van der Waals surface area (Å²) < 4.78 is 0.885. The Bertz CT molecular complexity index is 854. The van der Waals surface area contributed by atoms with Gasteiger partial charge >= 0.3 is 6.03 Å². The van der Waals surface area contributed by atoms with Gasteiger partial charge in [0.2, 0.25) is 5.91 Å². The highest BCUT2D eigenvalue weighted by Crippen LogP contribution is 2.30. The van der Waals surface area contributed by atoms with Crippen molar-refractivity contribution in [3.05, 3.63) is 64.6 Å². The number of amides is 4.